The predicted molar refractivity (Wildman–Crippen MR) is 123 cm³/mol. The minimum Gasteiger partial charge on any atom is -0.493 e. The van der Waals surface area contributed by atoms with E-state index in [0.717, 1.165) is 31.4 Å². The van der Waals surface area contributed by atoms with Gasteiger partial charge in [0.15, 0.2) is 11.5 Å². The molecule has 1 fully saturated rings. The Kier molecular flexibility index (Phi) is 6.97. The van der Waals surface area contributed by atoms with Crippen LogP contribution in [0.3, 0.4) is 0 Å². The lowest BCUT2D eigenvalue weighted by Gasteiger charge is -2.25. The summed E-state index contributed by atoms with van der Waals surface area (Å²) >= 11 is 0. The molecule has 0 spiro atoms. The minimum absolute atomic E-state index is 0.0490. The highest BCUT2D eigenvalue weighted by atomic mass is 19.4. The maximum atomic E-state index is 13.2. The molecule has 0 atom stereocenters. The Hall–Kier alpha value is -3.27. The highest BCUT2D eigenvalue weighted by Gasteiger charge is 2.31. The number of benzene rings is 2. The fourth-order valence-corrected chi connectivity index (χ4v) is 3.82. The number of nitrogens with one attached hydrogen (secondary N) is 1. The van der Waals surface area contributed by atoms with Crippen LogP contribution in [0, 0.1) is 0 Å². The van der Waals surface area contributed by atoms with Crippen molar-refractivity contribution in [3.05, 3.63) is 47.3 Å². The minimum atomic E-state index is -4.48. The number of halogens is 3. The Balaban J connectivity index is 1.71. The molecule has 1 heterocycles. The number of ether oxygens (including phenoxy) is 3. The average Bonchev–Trinajstić information content (AvgIpc) is 2.75. The van der Waals surface area contributed by atoms with Gasteiger partial charge in [-0.3, -0.25) is 0 Å². The summed E-state index contributed by atoms with van der Waals surface area (Å²) in [7, 11) is 3.13. The molecule has 0 unspecified atom stereocenters. The van der Waals surface area contributed by atoms with Gasteiger partial charge in [-0.1, -0.05) is 6.42 Å². The normalized spacial score (nSPS) is 14.1. The van der Waals surface area contributed by atoms with Crippen molar-refractivity contribution in [1.82, 2.24) is 9.97 Å². The molecule has 3 aromatic rings. The average molecular weight is 476 g/mol. The van der Waals surface area contributed by atoms with Gasteiger partial charge in [-0.05, 0) is 42.7 Å². The second-order valence-corrected chi connectivity index (χ2v) is 8.23. The Morgan fingerprint density at radius 2 is 1.82 bits per heavy atom. The maximum Gasteiger partial charge on any atom is 0.416 e. The largest absolute Gasteiger partial charge is 0.493 e. The zero-order chi connectivity index (χ0) is 24.3. The highest BCUT2D eigenvalue weighted by molar-refractivity contribution is 5.92. The van der Waals surface area contributed by atoms with Gasteiger partial charge in [0.1, 0.15) is 18.2 Å². The molecule has 1 saturated carbocycles. The number of aromatic nitrogens is 2. The molecule has 0 saturated heterocycles. The first-order valence-electron chi connectivity index (χ1n) is 11.0. The molecule has 1 aliphatic rings. The lowest BCUT2D eigenvalue weighted by atomic mass is 9.85. The molecule has 1 aromatic heterocycles. The first kappa shape index (κ1) is 23.9. The monoisotopic (exact) mass is 476 g/mol. The van der Waals surface area contributed by atoms with Gasteiger partial charge in [-0.15, -0.1) is 0 Å². The van der Waals surface area contributed by atoms with Crippen molar-refractivity contribution in [2.75, 3.05) is 38.5 Å². The molecular formula is C24H27F3N4O3. The number of nitrogens with two attached hydrogens (primary N) is 1. The van der Waals surface area contributed by atoms with Crippen LogP contribution in [0.4, 0.5) is 24.7 Å². The number of hydrogen-bond donors (Lipinski definition) is 2. The number of nitrogen functional groups attached to an aromatic ring is 1. The molecule has 10 heteroatoms. The summed E-state index contributed by atoms with van der Waals surface area (Å²) in [6, 6.07) is 7.09. The zero-order valence-electron chi connectivity index (χ0n) is 19.0. The molecule has 4 rings (SSSR count). The summed E-state index contributed by atoms with van der Waals surface area (Å²) < 4.78 is 56.0. The number of anilines is 2. The molecule has 0 bridgehead atoms. The van der Waals surface area contributed by atoms with E-state index >= 15 is 0 Å². The van der Waals surface area contributed by atoms with Crippen molar-refractivity contribution in [3.8, 4) is 11.5 Å². The predicted octanol–water partition coefficient (Wildman–Crippen LogP) is 5.14. The SMILES string of the molecule is COCCOc1cc2c(NCc3cc(N)cc(C(F)(F)F)c3)nc(C3CCC3)nc2cc1OC. The summed E-state index contributed by atoms with van der Waals surface area (Å²) in [5.41, 5.74) is 6.05. The van der Waals surface area contributed by atoms with Gasteiger partial charge in [-0.2, -0.15) is 13.2 Å². The summed E-state index contributed by atoms with van der Waals surface area (Å²) in [6.07, 6.45) is -1.35. The topological polar surface area (TPSA) is 91.5 Å². The van der Waals surface area contributed by atoms with Crippen molar-refractivity contribution in [3.63, 3.8) is 0 Å². The van der Waals surface area contributed by atoms with E-state index in [1.165, 1.54) is 6.07 Å². The summed E-state index contributed by atoms with van der Waals surface area (Å²) in [5.74, 6) is 2.51. The van der Waals surface area contributed by atoms with Crippen molar-refractivity contribution in [2.45, 2.75) is 37.9 Å². The number of rotatable bonds is 9. The molecule has 182 valence electrons. The fourth-order valence-electron chi connectivity index (χ4n) is 3.82. The van der Waals surface area contributed by atoms with E-state index in [2.05, 4.69) is 5.32 Å². The van der Waals surface area contributed by atoms with Crippen molar-refractivity contribution < 1.29 is 27.4 Å². The standard InChI is InChI=1S/C24H27F3N4O3/c1-32-6-7-34-21-11-18-19(12-20(21)33-2)30-22(15-4-3-5-15)31-23(18)29-13-14-8-16(24(25,26)27)10-17(28)9-14/h8-12,15H,3-7,13,28H2,1-2H3,(H,29,30,31). The third kappa shape index (κ3) is 5.27. The Labute approximate surface area is 195 Å². The smallest absolute Gasteiger partial charge is 0.416 e. The first-order chi connectivity index (χ1) is 16.3. The number of fused-ring (bicyclic) bond motifs is 1. The highest BCUT2D eigenvalue weighted by Crippen LogP contribution is 2.39. The lowest BCUT2D eigenvalue weighted by Crippen LogP contribution is -2.15. The van der Waals surface area contributed by atoms with E-state index in [0.29, 0.717) is 52.8 Å². The second-order valence-electron chi connectivity index (χ2n) is 8.23. The molecule has 2 aromatic carbocycles. The molecular weight excluding hydrogens is 449 g/mol. The van der Waals surface area contributed by atoms with Crippen molar-refractivity contribution in [2.24, 2.45) is 0 Å². The van der Waals surface area contributed by atoms with E-state index in [1.54, 1.807) is 26.4 Å². The third-order valence-electron chi connectivity index (χ3n) is 5.82. The Morgan fingerprint density at radius 3 is 2.47 bits per heavy atom. The second kappa shape index (κ2) is 9.92. The molecule has 3 N–H and O–H groups in total. The van der Waals surface area contributed by atoms with Crippen LogP contribution in [0.25, 0.3) is 10.9 Å². The molecule has 34 heavy (non-hydrogen) atoms. The van der Waals surface area contributed by atoms with Gasteiger partial charge in [-0.25, -0.2) is 9.97 Å². The van der Waals surface area contributed by atoms with Crippen LogP contribution < -0.4 is 20.5 Å². The summed E-state index contributed by atoms with van der Waals surface area (Å²) in [5, 5.41) is 3.87. The molecule has 0 radical (unpaired) electrons. The number of nitrogens with zero attached hydrogens (tertiary/aromatic N) is 2. The number of methoxy groups -OCH3 is 2. The fraction of sp³-hybridized carbons (Fsp3) is 0.417. The third-order valence-corrected chi connectivity index (χ3v) is 5.82. The van der Waals surface area contributed by atoms with Crippen LogP contribution in [-0.4, -0.2) is 37.4 Å². The van der Waals surface area contributed by atoms with E-state index in [1.807, 2.05) is 0 Å². The van der Waals surface area contributed by atoms with E-state index in [4.69, 9.17) is 29.9 Å². The quantitative estimate of drug-likeness (QED) is 0.326. The van der Waals surface area contributed by atoms with Crippen LogP contribution in [0.1, 0.15) is 42.1 Å². The maximum absolute atomic E-state index is 13.2. The van der Waals surface area contributed by atoms with E-state index in [-0.39, 0.29) is 18.2 Å². The van der Waals surface area contributed by atoms with Gasteiger partial charge in [0.05, 0.1) is 24.8 Å². The van der Waals surface area contributed by atoms with Gasteiger partial charge in [0.25, 0.3) is 0 Å². The summed E-state index contributed by atoms with van der Waals surface area (Å²) in [4.78, 5) is 9.47. The molecule has 0 amide bonds. The van der Waals surface area contributed by atoms with Crippen LogP contribution in [-0.2, 0) is 17.5 Å². The lowest BCUT2D eigenvalue weighted by molar-refractivity contribution is -0.137. The van der Waals surface area contributed by atoms with Crippen LogP contribution >= 0.6 is 0 Å². The van der Waals surface area contributed by atoms with Crippen LogP contribution in [0.15, 0.2) is 30.3 Å². The van der Waals surface area contributed by atoms with Crippen LogP contribution in [0.2, 0.25) is 0 Å². The number of hydrogen-bond acceptors (Lipinski definition) is 7. The van der Waals surface area contributed by atoms with Gasteiger partial charge in [0, 0.05) is 36.7 Å². The van der Waals surface area contributed by atoms with Crippen LogP contribution in [0.5, 0.6) is 11.5 Å². The van der Waals surface area contributed by atoms with Gasteiger partial charge in [0.2, 0.25) is 0 Å². The van der Waals surface area contributed by atoms with Gasteiger partial charge >= 0.3 is 6.18 Å². The Bertz CT molecular complexity index is 1170. The molecule has 1 aliphatic carbocycles. The van der Waals surface area contributed by atoms with Crippen molar-refractivity contribution in [1.29, 1.82) is 0 Å². The van der Waals surface area contributed by atoms with Crippen molar-refractivity contribution >= 4 is 22.4 Å². The summed E-state index contributed by atoms with van der Waals surface area (Å²) in [6.45, 7) is 0.836. The molecule has 0 aliphatic heterocycles. The van der Waals surface area contributed by atoms with E-state index < -0.39 is 11.7 Å². The first-order valence-corrected chi connectivity index (χ1v) is 11.0. The molecule has 7 nitrogen and oxygen atoms in total. The zero-order valence-corrected chi connectivity index (χ0v) is 19.0. The van der Waals surface area contributed by atoms with Gasteiger partial charge < -0.3 is 25.3 Å². The van der Waals surface area contributed by atoms with E-state index in [9.17, 15) is 13.2 Å². The Morgan fingerprint density at radius 1 is 1.03 bits per heavy atom. The number of alkyl halides is 3.